The van der Waals surface area contributed by atoms with Crippen LogP contribution in [0.25, 0.3) is 0 Å². The first-order chi connectivity index (χ1) is 30.0. The molecule has 0 aliphatic heterocycles. The average Bonchev–Trinajstić information content (AvgIpc) is 3.26. The first-order valence-corrected chi connectivity index (χ1v) is 24.4. The number of esters is 3. The SMILES string of the molecule is CC\C=C/C=C\C=C/CCCCCCCC(=O)OC(COC(=O)CCCCC/C=C\C=C/CCCC)COC(=O)CCCCCCCC/C=C\C/C=C\C/C=C\C/C=C\CC. The number of hydrogen-bond donors (Lipinski definition) is 0. The number of allylic oxidation sites excluding steroid dienone is 18. The number of rotatable bonds is 42. The van der Waals surface area contributed by atoms with Crippen molar-refractivity contribution < 1.29 is 28.6 Å². The summed E-state index contributed by atoms with van der Waals surface area (Å²) in [6, 6.07) is 0. The molecule has 6 heteroatoms. The van der Waals surface area contributed by atoms with Gasteiger partial charge >= 0.3 is 17.9 Å². The van der Waals surface area contributed by atoms with Gasteiger partial charge < -0.3 is 14.2 Å². The zero-order valence-electron chi connectivity index (χ0n) is 39.1. The third kappa shape index (κ3) is 47.0. The second-order valence-corrected chi connectivity index (χ2v) is 15.7. The van der Waals surface area contributed by atoms with Gasteiger partial charge in [-0.25, -0.2) is 0 Å². The fourth-order valence-electron chi connectivity index (χ4n) is 6.17. The van der Waals surface area contributed by atoms with Crippen LogP contribution in [0.15, 0.2) is 109 Å². The molecule has 0 aromatic rings. The smallest absolute Gasteiger partial charge is 0.306 e. The van der Waals surface area contributed by atoms with Crippen LogP contribution < -0.4 is 0 Å². The van der Waals surface area contributed by atoms with Crippen molar-refractivity contribution in [2.24, 2.45) is 0 Å². The standard InChI is InChI=1S/C55H88O6/c1-4-7-10-13-16-19-22-24-25-26-27-28-29-31-33-36-39-42-45-48-54(57)60-51-52(50-59-53(56)47-44-41-38-35-32-21-18-15-12-9-6-3)61-55(58)49-46-43-40-37-34-30-23-20-17-14-11-8-5-2/h7-8,10-11,14-21,23-25,27-28,32,52H,4-6,9,12-13,22,26,29-31,33-51H2,1-3H3/b10-7-,11-8-,17-14-,18-15-,19-16-,23-20-,25-24-,28-27-,32-21-. The molecule has 0 amide bonds. The van der Waals surface area contributed by atoms with Gasteiger partial charge in [0.05, 0.1) is 0 Å². The summed E-state index contributed by atoms with van der Waals surface area (Å²) in [5, 5.41) is 0. The Bertz CT molecular complexity index is 1290. The van der Waals surface area contributed by atoms with E-state index in [0.717, 1.165) is 135 Å². The molecule has 0 rings (SSSR count). The van der Waals surface area contributed by atoms with E-state index in [1.165, 1.54) is 25.7 Å². The van der Waals surface area contributed by atoms with Crippen molar-refractivity contribution in [3.63, 3.8) is 0 Å². The maximum Gasteiger partial charge on any atom is 0.306 e. The predicted molar refractivity (Wildman–Crippen MR) is 260 cm³/mol. The molecule has 0 aliphatic rings. The molecule has 1 unspecified atom stereocenters. The van der Waals surface area contributed by atoms with E-state index in [0.29, 0.717) is 19.3 Å². The number of hydrogen-bond acceptors (Lipinski definition) is 6. The lowest BCUT2D eigenvalue weighted by Gasteiger charge is -2.18. The second-order valence-electron chi connectivity index (χ2n) is 15.7. The van der Waals surface area contributed by atoms with E-state index < -0.39 is 6.10 Å². The van der Waals surface area contributed by atoms with Gasteiger partial charge in [-0.1, -0.05) is 194 Å². The van der Waals surface area contributed by atoms with E-state index >= 15 is 0 Å². The summed E-state index contributed by atoms with van der Waals surface area (Å²) in [6.07, 6.45) is 65.0. The summed E-state index contributed by atoms with van der Waals surface area (Å²) in [5.41, 5.74) is 0. The molecular formula is C55H88O6. The first kappa shape index (κ1) is 57.1. The van der Waals surface area contributed by atoms with Gasteiger partial charge in [0, 0.05) is 19.3 Å². The van der Waals surface area contributed by atoms with Gasteiger partial charge in [0.1, 0.15) is 13.2 Å². The van der Waals surface area contributed by atoms with Crippen LogP contribution in [-0.4, -0.2) is 37.2 Å². The molecule has 0 aromatic heterocycles. The van der Waals surface area contributed by atoms with Crippen molar-refractivity contribution >= 4 is 17.9 Å². The molecule has 61 heavy (non-hydrogen) atoms. The van der Waals surface area contributed by atoms with Crippen molar-refractivity contribution in [2.45, 2.75) is 207 Å². The van der Waals surface area contributed by atoms with Gasteiger partial charge in [-0.2, -0.15) is 0 Å². The van der Waals surface area contributed by atoms with Crippen LogP contribution in [-0.2, 0) is 28.6 Å². The van der Waals surface area contributed by atoms with Crippen LogP contribution in [0.5, 0.6) is 0 Å². The van der Waals surface area contributed by atoms with Crippen LogP contribution >= 0.6 is 0 Å². The Kier molecular flexibility index (Phi) is 45.6. The van der Waals surface area contributed by atoms with Crippen LogP contribution in [0.3, 0.4) is 0 Å². The number of carbonyl (C=O) groups is 3. The summed E-state index contributed by atoms with van der Waals surface area (Å²) in [7, 11) is 0. The Balaban J connectivity index is 4.45. The lowest BCUT2D eigenvalue weighted by atomic mass is 10.1. The van der Waals surface area contributed by atoms with E-state index in [-0.39, 0.29) is 31.1 Å². The molecule has 0 fully saturated rings. The third-order valence-corrected chi connectivity index (χ3v) is 9.83. The molecular weight excluding hydrogens is 757 g/mol. The van der Waals surface area contributed by atoms with Crippen molar-refractivity contribution in [2.75, 3.05) is 13.2 Å². The molecule has 6 nitrogen and oxygen atoms in total. The molecule has 0 saturated heterocycles. The molecule has 0 bridgehead atoms. The minimum atomic E-state index is -0.806. The van der Waals surface area contributed by atoms with Crippen LogP contribution in [0.1, 0.15) is 201 Å². The van der Waals surface area contributed by atoms with Gasteiger partial charge in [-0.05, 0) is 96.3 Å². The molecule has 0 N–H and O–H groups in total. The topological polar surface area (TPSA) is 78.9 Å². The maximum atomic E-state index is 12.7. The summed E-state index contributed by atoms with van der Waals surface area (Å²) >= 11 is 0. The minimum Gasteiger partial charge on any atom is -0.462 e. The van der Waals surface area contributed by atoms with Crippen LogP contribution in [0.4, 0.5) is 0 Å². The lowest BCUT2D eigenvalue weighted by Crippen LogP contribution is -2.30. The first-order valence-electron chi connectivity index (χ1n) is 24.4. The number of carbonyl (C=O) groups excluding carboxylic acids is 3. The Morgan fingerprint density at radius 2 is 0.721 bits per heavy atom. The van der Waals surface area contributed by atoms with Crippen molar-refractivity contribution in [1.82, 2.24) is 0 Å². The van der Waals surface area contributed by atoms with Gasteiger partial charge in [-0.3, -0.25) is 14.4 Å². The molecule has 1 atom stereocenters. The van der Waals surface area contributed by atoms with Crippen molar-refractivity contribution in [3.05, 3.63) is 109 Å². The van der Waals surface area contributed by atoms with Gasteiger partial charge in [0.2, 0.25) is 0 Å². The number of ether oxygens (including phenoxy) is 3. The lowest BCUT2D eigenvalue weighted by molar-refractivity contribution is -0.167. The second kappa shape index (κ2) is 48.7. The highest BCUT2D eigenvalue weighted by Gasteiger charge is 2.19. The monoisotopic (exact) mass is 845 g/mol. The van der Waals surface area contributed by atoms with Gasteiger partial charge in [-0.15, -0.1) is 0 Å². The van der Waals surface area contributed by atoms with E-state index in [9.17, 15) is 14.4 Å². The normalized spacial score (nSPS) is 13.0. The molecule has 0 radical (unpaired) electrons. The van der Waals surface area contributed by atoms with Crippen LogP contribution in [0, 0.1) is 0 Å². The average molecular weight is 845 g/mol. The van der Waals surface area contributed by atoms with E-state index in [1.54, 1.807) is 0 Å². The van der Waals surface area contributed by atoms with Gasteiger partial charge in [0.25, 0.3) is 0 Å². The summed E-state index contributed by atoms with van der Waals surface area (Å²) in [5.74, 6) is -0.977. The van der Waals surface area contributed by atoms with Gasteiger partial charge in [0.15, 0.2) is 6.10 Å². The minimum absolute atomic E-state index is 0.105. The Hall–Kier alpha value is -3.93. The Morgan fingerprint density at radius 3 is 1.21 bits per heavy atom. The molecule has 344 valence electrons. The van der Waals surface area contributed by atoms with E-state index in [4.69, 9.17) is 14.2 Å². The van der Waals surface area contributed by atoms with Crippen molar-refractivity contribution in [3.8, 4) is 0 Å². The summed E-state index contributed by atoms with van der Waals surface area (Å²) in [6.45, 7) is 6.26. The largest absolute Gasteiger partial charge is 0.462 e. The predicted octanol–water partition coefficient (Wildman–Crippen LogP) is 16.0. The van der Waals surface area contributed by atoms with E-state index in [2.05, 4.69) is 124 Å². The molecule has 0 saturated carbocycles. The third-order valence-electron chi connectivity index (χ3n) is 9.83. The molecule has 0 aromatic carbocycles. The summed E-state index contributed by atoms with van der Waals surface area (Å²) < 4.78 is 16.7. The highest BCUT2D eigenvalue weighted by atomic mass is 16.6. The van der Waals surface area contributed by atoms with Crippen molar-refractivity contribution in [1.29, 1.82) is 0 Å². The highest BCUT2D eigenvalue weighted by Crippen LogP contribution is 2.13. The van der Waals surface area contributed by atoms with Crippen LogP contribution in [0.2, 0.25) is 0 Å². The molecule has 0 aliphatic carbocycles. The zero-order chi connectivity index (χ0) is 44.4. The summed E-state index contributed by atoms with van der Waals surface area (Å²) in [4.78, 5) is 37.9. The Morgan fingerprint density at radius 1 is 0.361 bits per heavy atom. The maximum absolute atomic E-state index is 12.7. The quantitative estimate of drug-likeness (QED) is 0.0200. The van der Waals surface area contributed by atoms with E-state index in [1.807, 2.05) is 6.08 Å². The fourth-order valence-corrected chi connectivity index (χ4v) is 6.17. The Labute approximate surface area is 374 Å². The number of unbranched alkanes of at least 4 members (excludes halogenated alkanes) is 16. The molecule has 0 spiro atoms. The zero-order valence-corrected chi connectivity index (χ0v) is 39.1. The fraction of sp³-hybridized carbons (Fsp3) is 0.618. The molecule has 0 heterocycles. The highest BCUT2D eigenvalue weighted by molar-refractivity contribution is 5.71.